The monoisotopic (exact) mass is 858 g/mol. The van der Waals surface area contributed by atoms with Gasteiger partial charge in [0, 0.05) is 28.7 Å². The van der Waals surface area contributed by atoms with Crippen molar-refractivity contribution < 1.29 is 49.6 Å². The molecule has 332 valence electrons. The van der Waals surface area contributed by atoms with Crippen molar-refractivity contribution in [1.29, 1.82) is 0 Å². The van der Waals surface area contributed by atoms with E-state index in [1.165, 1.54) is 0 Å². The zero-order chi connectivity index (χ0) is 43.3. The third-order valence-electron chi connectivity index (χ3n) is 18.3. The van der Waals surface area contributed by atoms with Gasteiger partial charge >= 0.3 is 5.97 Å². The van der Waals surface area contributed by atoms with Crippen molar-refractivity contribution in [3.8, 4) is 11.5 Å². The molecule has 2 aliphatic heterocycles. The van der Waals surface area contributed by atoms with E-state index in [0.717, 1.165) is 65.6 Å². The average Bonchev–Trinajstić information content (AvgIpc) is 4.11. The Balaban J connectivity index is 1.02. The van der Waals surface area contributed by atoms with Gasteiger partial charge in [0.2, 0.25) is 5.79 Å². The number of aromatic hydroxyl groups is 1. The molecule has 5 saturated carbocycles. The van der Waals surface area contributed by atoms with E-state index in [-0.39, 0.29) is 34.9 Å². The van der Waals surface area contributed by atoms with E-state index in [1.807, 2.05) is 61.6 Å². The fourth-order valence-electron chi connectivity index (χ4n) is 15.9. The van der Waals surface area contributed by atoms with Gasteiger partial charge < -0.3 is 55.2 Å². The zero-order valence-electron chi connectivity index (χ0n) is 35.6. The maximum Gasteiger partial charge on any atom is 0.343 e. The van der Waals surface area contributed by atoms with E-state index < -0.39 is 76.6 Å². The number of rotatable bonds is 6. The Morgan fingerprint density at radius 1 is 0.905 bits per heavy atom. The van der Waals surface area contributed by atoms with Gasteiger partial charge in [0.1, 0.15) is 18.0 Å². The summed E-state index contributed by atoms with van der Waals surface area (Å²) in [5.41, 5.74) is -2.43. The smallest absolute Gasteiger partial charge is 0.343 e. The lowest BCUT2D eigenvalue weighted by molar-refractivity contribution is -0.391. The Labute approximate surface area is 365 Å². The lowest BCUT2D eigenvalue weighted by atomic mass is 9.43. The second-order valence-corrected chi connectivity index (χ2v) is 20.6. The molecule has 3 heterocycles. The van der Waals surface area contributed by atoms with Gasteiger partial charge in [0.05, 0.1) is 35.4 Å². The Bertz CT molecular complexity index is 2640. The summed E-state index contributed by atoms with van der Waals surface area (Å²) in [5, 5.41) is 81.1. The van der Waals surface area contributed by atoms with Crippen molar-refractivity contribution >= 4 is 38.4 Å². The third-order valence-corrected chi connectivity index (χ3v) is 18.3. The number of phenols is 1. The van der Waals surface area contributed by atoms with Crippen LogP contribution in [0.25, 0.3) is 32.4 Å². The number of nitrogens with one attached hydrogen (secondary N) is 2. The van der Waals surface area contributed by atoms with Crippen LogP contribution in [-0.2, 0) is 26.3 Å². The van der Waals surface area contributed by atoms with Crippen LogP contribution in [0.4, 0.5) is 0 Å². The fraction of sp³-hybridized carbons (Fsp3) is 0.549. The van der Waals surface area contributed by atoms with Gasteiger partial charge in [0.25, 0.3) is 0 Å². The molecular formula is C51H58N2O10. The standard InChI is InChI=1S/C51H58N2O10/c1-52-25-30-23-35-36-24-47(17-4-5-18-47)46(58)51(60)50(36,59)44(62-43(35)49(42(30)56)20-16-31-9-6-19-48(31,49)32-11-13-33(55)14-12-32)41(63-51)45(57)61-40-38(26-54)53-37-15-10-29-21-27-7-2-3-8-28(27)22-34(29)39(37)40/h2-3,7-8,10-15,21-22,30-31,35-36,41-44,46,52-56,58-60H,4-6,9,16-20,23-26H2,1H3/t30-,31-,35+,36+,41-,42-,43+,44+,46-,48-,49-,50-,51+/m1/s1. The lowest BCUT2D eigenvalue weighted by Gasteiger charge is -2.68. The number of phenolic OH excluding ortho intramolecular Hbond substituents is 1. The Morgan fingerprint density at radius 2 is 1.67 bits per heavy atom. The van der Waals surface area contributed by atoms with E-state index in [2.05, 4.69) is 16.4 Å². The summed E-state index contributed by atoms with van der Waals surface area (Å²) >= 11 is 0. The molecule has 4 aromatic carbocycles. The number of aliphatic hydroxyl groups excluding tert-OH is 3. The number of esters is 1. The highest BCUT2D eigenvalue weighted by Gasteiger charge is 2.84. The molecule has 13 atom stereocenters. The van der Waals surface area contributed by atoms with Crippen LogP contribution in [0.3, 0.4) is 0 Å². The minimum atomic E-state index is -2.58. The first kappa shape index (κ1) is 40.4. The largest absolute Gasteiger partial charge is 0.508 e. The first-order chi connectivity index (χ1) is 30.4. The second kappa shape index (κ2) is 14.0. The number of aromatic amines is 1. The molecule has 0 amide bonds. The summed E-state index contributed by atoms with van der Waals surface area (Å²) in [6, 6.07) is 23.4. The van der Waals surface area contributed by atoms with Crippen LogP contribution in [0.2, 0.25) is 0 Å². The van der Waals surface area contributed by atoms with Crippen molar-refractivity contribution in [2.75, 3.05) is 13.6 Å². The minimum absolute atomic E-state index is 0.115. The van der Waals surface area contributed by atoms with Gasteiger partial charge in [-0.1, -0.05) is 61.7 Å². The number of carbonyl (C=O) groups is 1. The maximum atomic E-state index is 15.2. The molecule has 0 unspecified atom stereocenters. The SMILES string of the molecule is CNC[C@H]1C[C@H]2[C@@H]3CC4(CCCC4)[C@@H](O)[C@]4(O)O[C@@H](C(=O)Oc5c(CO)[nH]c6ccc7cc8ccccc8cc7c56)[C@H](O[C@@H]2[C@@]2(CC[C@H]5CCC[C@]52c2ccc(O)cc2)[C@@H]1O)[C@]34O. The summed E-state index contributed by atoms with van der Waals surface area (Å²) in [6.07, 6.45) is 1.98. The molecule has 7 aliphatic rings. The minimum Gasteiger partial charge on any atom is -0.508 e. The van der Waals surface area contributed by atoms with Crippen LogP contribution in [0.5, 0.6) is 11.5 Å². The molecule has 12 heteroatoms. The van der Waals surface area contributed by atoms with Crippen molar-refractivity contribution in [3.05, 3.63) is 84.1 Å². The van der Waals surface area contributed by atoms with Gasteiger partial charge in [-0.05, 0) is 134 Å². The lowest BCUT2D eigenvalue weighted by Crippen LogP contribution is -2.80. The van der Waals surface area contributed by atoms with Crippen LogP contribution in [0.1, 0.15) is 81.9 Å². The fourth-order valence-corrected chi connectivity index (χ4v) is 15.9. The first-order valence-corrected chi connectivity index (χ1v) is 23.3. The summed E-state index contributed by atoms with van der Waals surface area (Å²) in [4.78, 5) is 18.4. The number of benzene rings is 4. The Hall–Kier alpha value is -4.11. The quantitative estimate of drug-likeness (QED) is 0.0756. The molecular weight excluding hydrogens is 801 g/mol. The Morgan fingerprint density at radius 3 is 2.41 bits per heavy atom. The van der Waals surface area contributed by atoms with Gasteiger partial charge in [-0.15, -0.1) is 0 Å². The van der Waals surface area contributed by atoms with E-state index in [0.29, 0.717) is 49.6 Å². The highest BCUT2D eigenvalue weighted by atomic mass is 16.7. The van der Waals surface area contributed by atoms with Crippen molar-refractivity contribution in [2.24, 2.45) is 34.5 Å². The topological polar surface area (TPSA) is 194 Å². The summed E-state index contributed by atoms with van der Waals surface area (Å²) < 4.78 is 20.4. The van der Waals surface area contributed by atoms with E-state index in [1.54, 1.807) is 12.1 Å². The number of hydrogen-bond acceptors (Lipinski definition) is 11. The summed E-state index contributed by atoms with van der Waals surface area (Å²) in [6.45, 7) is 0.0657. The first-order valence-electron chi connectivity index (χ1n) is 23.3. The highest BCUT2D eigenvalue weighted by molar-refractivity contribution is 6.14. The number of H-pyrrole nitrogens is 1. The van der Waals surface area contributed by atoms with Crippen LogP contribution in [0.15, 0.2) is 72.8 Å². The van der Waals surface area contributed by atoms with Crippen LogP contribution < -0.4 is 10.1 Å². The molecule has 63 heavy (non-hydrogen) atoms. The Kier molecular flexibility index (Phi) is 8.95. The summed E-state index contributed by atoms with van der Waals surface area (Å²) in [5.74, 6) is -4.24. The van der Waals surface area contributed by atoms with Crippen molar-refractivity contribution in [1.82, 2.24) is 10.3 Å². The molecule has 7 fully saturated rings. The van der Waals surface area contributed by atoms with Crippen LogP contribution in [-0.4, -0.2) is 97.1 Å². The maximum absolute atomic E-state index is 15.2. The van der Waals surface area contributed by atoms with Crippen molar-refractivity contribution in [3.63, 3.8) is 0 Å². The normalized spacial score (nSPS) is 39.9. The molecule has 12 nitrogen and oxygen atoms in total. The number of carbonyl (C=O) groups excluding carboxylic acids is 1. The zero-order valence-corrected chi connectivity index (χ0v) is 35.6. The molecule has 2 saturated heterocycles. The number of ether oxygens (including phenoxy) is 3. The number of fused-ring (bicyclic) bond motifs is 9. The predicted octanol–water partition coefficient (Wildman–Crippen LogP) is 5.84. The van der Waals surface area contributed by atoms with E-state index in [4.69, 9.17) is 14.2 Å². The average molecular weight is 859 g/mol. The van der Waals surface area contributed by atoms with Gasteiger partial charge in [0.15, 0.2) is 17.5 Å². The van der Waals surface area contributed by atoms with Gasteiger partial charge in [-0.25, -0.2) is 4.79 Å². The molecule has 0 bridgehead atoms. The molecule has 0 radical (unpaired) electrons. The molecule has 5 aromatic rings. The van der Waals surface area contributed by atoms with E-state index >= 15 is 4.79 Å². The third kappa shape index (κ3) is 5.07. The molecule has 8 N–H and O–H groups in total. The van der Waals surface area contributed by atoms with Crippen LogP contribution >= 0.6 is 0 Å². The molecule has 12 rings (SSSR count). The summed E-state index contributed by atoms with van der Waals surface area (Å²) in [7, 11) is 1.89. The predicted molar refractivity (Wildman–Crippen MR) is 234 cm³/mol. The van der Waals surface area contributed by atoms with E-state index in [9.17, 15) is 30.6 Å². The molecule has 5 aliphatic carbocycles. The molecule has 2 spiro atoms. The van der Waals surface area contributed by atoms with Gasteiger partial charge in [-0.2, -0.15) is 0 Å². The van der Waals surface area contributed by atoms with Crippen LogP contribution in [0, 0.1) is 34.5 Å². The number of aromatic nitrogens is 1. The van der Waals surface area contributed by atoms with Crippen molar-refractivity contribution in [2.45, 2.75) is 125 Å². The second-order valence-electron chi connectivity index (χ2n) is 20.6. The van der Waals surface area contributed by atoms with Gasteiger partial charge in [-0.3, -0.25) is 0 Å². The number of aliphatic hydroxyl groups is 5. The highest BCUT2D eigenvalue weighted by Crippen LogP contribution is 2.75. The number of hydrogen-bond donors (Lipinski definition) is 8. The molecule has 1 aromatic heterocycles.